The highest BCUT2D eigenvalue weighted by molar-refractivity contribution is 6.10. The van der Waals surface area contributed by atoms with E-state index in [2.05, 4.69) is 173 Å². The third kappa shape index (κ3) is 4.84. The van der Waals surface area contributed by atoms with Crippen LogP contribution in [0.1, 0.15) is 5.56 Å². The number of fused-ring (bicyclic) bond motifs is 9. The first kappa shape index (κ1) is 30.6. The van der Waals surface area contributed by atoms with Crippen molar-refractivity contribution in [1.82, 2.24) is 4.57 Å². The fourth-order valence-corrected chi connectivity index (χ4v) is 8.42. The number of benzene rings is 8. The smallest absolute Gasteiger partial charge is 0.143 e. The Bertz CT molecular complexity index is 3110. The monoisotopic (exact) mass is 694 g/mol. The van der Waals surface area contributed by atoms with Gasteiger partial charge in [-0.2, -0.15) is 0 Å². The molecule has 0 radical (unpaired) electrons. The summed E-state index contributed by atoms with van der Waals surface area (Å²) in [6, 6.07) is 64.7. The standard InChI is InChI=1S/C50H34N2O2/c1-5-19-45-39(12-1)40-13-2-6-20-46(40)52(45)37-29-27-36(28-30-37)51(32-31-34-11-9-17-43-41-14-3-7-21-47(41)53-49(34)43)35-25-23-33(24-26-35)38-16-10-18-44-42-15-4-8-22-48(42)54-50(38)44/h1-30H,31-32H2. The topological polar surface area (TPSA) is 34.5 Å². The summed E-state index contributed by atoms with van der Waals surface area (Å²) in [5, 5.41) is 7.11. The maximum Gasteiger partial charge on any atom is 0.143 e. The second kappa shape index (κ2) is 12.3. The van der Waals surface area contributed by atoms with Crippen LogP contribution in [0.25, 0.3) is 82.5 Å². The molecule has 0 unspecified atom stereocenters. The molecule has 256 valence electrons. The Morgan fingerprint density at radius 1 is 0.407 bits per heavy atom. The Balaban J connectivity index is 0.993. The van der Waals surface area contributed by atoms with Gasteiger partial charge in [0.15, 0.2) is 0 Å². The zero-order chi connectivity index (χ0) is 35.6. The van der Waals surface area contributed by atoms with Crippen molar-refractivity contribution >= 4 is 77.1 Å². The van der Waals surface area contributed by atoms with Crippen molar-refractivity contribution in [2.75, 3.05) is 11.4 Å². The van der Waals surface area contributed by atoms with Crippen LogP contribution in [0.15, 0.2) is 191 Å². The maximum absolute atomic E-state index is 6.45. The van der Waals surface area contributed by atoms with Gasteiger partial charge in [0, 0.05) is 61.5 Å². The number of nitrogens with zero attached hydrogens (tertiary/aromatic N) is 2. The van der Waals surface area contributed by atoms with E-state index in [1.165, 1.54) is 27.4 Å². The van der Waals surface area contributed by atoms with Gasteiger partial charge in [-0.15, -0.1) is 0 Å². The molecule has 0 atom stereocenters. The van der Waals surface area contributed by atoms with E-state index in [0.717, 1.165) is 85.0 Å². The van der Waals surface area contributed by atoms with Gasteiger partial charge in [-0.25, -0.2) is 0 Å². The molecule has 11 aromatic rings. The van der Waals surface area contributed by atoms with Crippen molar-refractivity contribution < 1.29 is 8.83 Å². The maximum atomic E-state index is 6.45. The van der Waals surface area contributed by atoms with Crippen LogP contribution in [-0.2, 0) is 6.42 Å². The van der Waals surface area contributed by atoms with Crippen LogP contribution in [0.4, 0.5) is 11.4 Å². The molecule has 0 aliphatic rings. The summed E-state index contributed by atoms with van der Waals surface area (Å²) in [6.07, 6.45) is 0.811. The molecule has 4 nitrogen and oxygen atoms in total. The average molecular weight is 695 g/mol. The molecule has 0 N–H and O–H groups in total. The van der Waals surface area contributed by atoms with E-state index in [-0.39, 0.29) is 0 Å². The number of hydrogen-bond donors (Lipinski definition) is 0. The molecule has 0 amide bonds. The lowest BCUT2D eigenvalue weighted by molar-refractivity contribution is 0.662. The predicted octanol–water partition coefficient (Wildman–Crippen LogP) is 13.6. The molecule has 54 heavy (non-hydrogen) atoms. The zero-order valence-corrected chi connectivity index (χ0v) is 29.4. The van der Waals surface area contributed by atoms with E-state index in [0.29, 0.717) is 0 Å². The fraction of sp³-hybridized carbons (Fsp3) is 0.0400. The second-order valence-corrected chi connectivity index (χ2v) is 14.0. The van der Waals surface area contributed by atoms with E-state index in [4.69, 9.17) is 8.83 Å². The Kier molecular flexibility index (Phi) is 6.96. The highest BCUT2D eigenvalue weighted by atomic mass is 16.3. The third-order valence-corrected chi connectivity index (χ3v) is 11.0. The molecule has 11 rings (SSSR count). The number of para-hydroxylation sites is 6. The van der Waals surface area contributed by atoms with Crippen LogP contribution in [0.5, 0.6) is 0 Å². The van der Waals surface area contributed by atoms with Crippen molar-refractivity contribution in [3.63, 3.8) is 0 Å². The van der Waals surface area contributed by atoms with Gasteiger partial charge >= 0.3 is 0 Å². The first-order chi connectivity index (χ1) is 26.8. The van der Waals surface area contributed by atoms with Gasteiger partial charge in [0.25, 0.3) is 0 Å². The molecule has 0 aliphatic carbocycles. The Morgan fingerprint density at radius 2 is 0.907 bits per heavy atom. The first-order valence-corrected chi connectivity index (χ1v) is 18.5. The van der Waals surface area contributed by atoms with Crippen molar-refractivity contribution in [2.24, 2.45) is 0 Å². The normalized spacial score (nSPS) is 11.9. The van der Waals surface area contributed by atoms with E-state index >= 15 is 0 Å². The number of anilines is 2. The van der Waals surface area contributed by atoms with Gasteiger partial charge in [0.1, 0.15) is 22.3 Å². The largest absolute Gasteiger partial charge is 0.456 e. The van der Waals surface area contributed by atoms with Crippen LogP contribution in [0, 0.1) is 0 Å². The van der Waals surface area contributed by atoms with E-state index in [9.17, 15) is 0 Å². The predicted molar refractivity (Wildman–Crippen MR) is 224 cm³/mol. The molecular weight excluding hydrogens is 661 g/mol. The van der Waals surface area contributed by atoms with Crippen LogP contribution < -0.4 is 4.90 Å². The summed E-state index contributed by atoms with van der Waals surface area (Å²) < 4.78 is 15.2. The lowest BCUT2D eigenvalue weighted by Gasteiger charge is -2.26. The molecule has 0 aliphatic heterocycles. The number of hydrogen-bond acceptors (Lipinski definition) is 3. The Morgan fingerprint density at radius 3 is 1.56 bits per heavy atom. The van der Waals surface area contributed by atoms with E-state index in [1.54, 1.807) is 0 Å². The molecule has 4 heteroatoms. The molecule has 3 aromatic heterocycles. The summed E-state index contributed by atoms with van der Waals surface area (Å²) in [5.74, 6) is 0. The Labute approximate surface area is 311 Å². The third-order valence-electron chi connectivity index (χ3n) is 11.0. The summed E-state index contributed by atoms with van der Waals surface area (Å²) in [5.41, 5.74) is 12.9. The van der Waals surface area contributed by atoms with E-state index < -0.39 is 0 Å². The van der Waals surface area contributed by atoms with E-state index in [1.807, 2.05) is 18.2 Å². The molecule has 3 heterocycles. The quantitative estimate of drug-likeness (QED) is 0.167. The number of rotatable bonds is 7. The van der Waals surface area contributed by atoms with Crippen molar-refractivity contribution in [3.05, 3.63) is 188 Å². The van der Waals surface area contributed by atoms with Crippen LogP contribution in [0.3, 0.4) is 0 Å². The number of furan rings is 2. The van der Waals surface area contributed by atoms with Crippen molar-refractivity contribution in [1.29, 1.82) is 0 Å². The minimum Gasteiger partial charge on any atom is -0.456 e. The van der Waals surface area contributed by atoms with Gasteiger partial charge in [-0.3, -0.25) is 0 Å². The molecule has 0 saturated carbocycles. The van der Waals surface area contributed by atoms with Gasteiger partial charge in [-0.1, -0.05) is 121 Å². The molecule has 0 fully saturated rings. The Hall–Kier alpha value is -7.04. The molecular formula is C50H34N2O2. The fourth-order valence-electron chi connectivity index (χ4n) is 8.42. The summed E-state index contributed by atoms with van der Waals surface area (Å²) in [6.45, 7) is 0.767. The molecule has 0 bridgehead atoms. The molecule has 0 spiro atoms. The summed E-state index contributed by atoms with van der Waals surface area (Å²) in [4.78, 5) is 2.42. The average Bonchev–Trinajstić information content (AvgIpc) is 3.92. The van der Waals surface area contributed by atoms with Gasteiger partial charge in [0.05, 0.1) is 11.0 Å². The van der Waals surface area contributed by atoms with Gasteiger partial charge < -0.3 is 18.3 Å². The van der Waals surface area contributed by atoms with Crippen LogP contribution in [-0.4, -0.2) is 11.1 Å². The van der Waals surface area contributed by atoms with Gasteiger partial charge in [-0.05, 0) is 78.2 Å². The minimum absolute atomic E-state index is 0.767. The van der Waals surface area contributed by atoms with Crippen molar-refractivity contribution in [3.8, 4) is 16.8 Å². The number of aromatic nitrogens is 1. The lowest BCUT2D eigenvalue weighted by atomic mass is 10.0. The molecule has 8 aromatic carbocycles. The SMILES string of the molecule is c1ccc2c(c1)oc1c(CCN(c3ccc(-c4cccc5c4oc4ccccc45)cc3)c3ccc(-n4c5ccccc5c5ccccc54)cc3)cccc12. The summed E-state index contributed by atoms with van der Waals surface area (Å²) in [7, 11) is 0. The highest BCUT2D eigenvalue weighted by Gasteiger charge is 2.17. The zero-order valence-electron chi connectivity index (χ0n) is 29.4. The summed E-state index contributed by atoms with van der Waals surface area (Å²) >= 11 is 0. The molecule has 0 saturated heterocycles. The first-order valence-electron chi connectivity index (χ1n) is 18.5. The highest BCUT2D eigenvalue weighted by Crippen LogP contribution is 2.38. The van der Waals surface area contributed by atoms with Gasteiger partial charge in [0.2, 0.25) is 0 Å². The van der Waals surface area contributed by atoms with Crippen LogP contribution in [0.2, 0.25) is 0 Å². The lowest BCUT2D eigenvalue weighted by Crippen LogP contribution is -2.20. The van der Waals surface area contributed by atoms with Crippen LogP contribution >= 0.6 is 0 Å². The second-order valence-electron chi connectivity index (χ2n) is 14.0. The van der Waals surface area contributed by atoms with Crippen molar-refractivity contribution in [2.45, 2.75) is 6.42 Å². The minimum atomic E-state index is 0.767.